The highest BCUT2D eigenvalue weighted by Crippen LogP contribution is 2.27. The summed E-state index contributed by atoms with van der Waals surface area (Å²) in [6.07, 6.45) is 3.52. The molecular formula is C12H12N2O2. The molecule has 0 aliphatic heterocycles. The first-order chi connectivity index (χ1) is 7.86. The van der Waals surface area contributed by atoms with E-state index in [0.29, 0.717) is 11.7 Å². The van der Waals surface area contributed by atoms with E-state index >= 15 is 0 Å². The van der Waals surface area contributed by atoms with E-state index in [-0.39, 0.29) is 6.61 Å². The van der Waals surface area contributed by atoms with E-state index in [0.717, 1.165) is 12.0 Å². The second-order valence-corrected chi connectivity index (χ2v) is 4.01. The molecule has 4 nitrogen and oxygen atoms in total. The molecule has 3 rings (SSSR count). The molecule has 0 saturated heterocycles. The molecule has 2 aromatic rings. The molecule has 0 saturated carbocycles. The van der Waals surface area contributed by atoms with Gasteiger partial charge in [0, 0.05) is 5.56 Å². The lowest BCUT2D eigenvalue weighted by Crippen LogP contribution is -1.86. The summed E-state index contributed by atoms with van der Waals surface area (Å²) in [5, 5.41) is 12.5. The highest BCUT2D eigenvalue weighted by Gasteiger charge is 2.14. The molecule has 0 atom stereocenters. The lowest BCUT2D eigenvalue weighted by atomic mass is 10.1. The van der Waals surface area contributed by atoms with Crippen molar-refractivity contribution in [3.05, 3.63) is 35.2 Å². The number of fused-ring (bicyclic) bond motifs is 1. The van der Waals surface area contributed by atoms with Gasteiger partial charge in [-0.2, -0.15) is 4.98 Å². The van der Waals surface area contributed by atoms with Crippen LogP contribution in [0.2, 0.25) is 0 Å². The van der Waals surface area contributed by atoms with Gasteiger partial charge in [0.15, 0.2) is 5.82 Å². The van der Waals surface area contributed by atoms with Crippen molar-refractivity contribution in [1.29, 1.82) is 0 Å². The number of aliphatic hydroxyl groups is 1. The Morgan fingerprint density at radius 2 is 2.12 bits per heavy atom. The Bertz CT molecular complexity index is 519. The van der Waals surface area contributed by atoms with E-state index in [1.807, 2.05) is 6.07 Å². The fourth-order valence-corrected chi connectivity index (χ4v) is 2.14. The molecule has 1 heterocycles. The summed E-state index contributed by atoms with van der Waals surface area (Å²) in [7, 11) is 0. The van der Waals surface area contributed by atoms with Crippen molar-refractivity contribution >= 4 is 0 Å². The molecule has 0 unspecified atom stereocenters. The van der Waals surface area contributed by atoms with Crippen LogP contribution in [0.4, 0.5) is 0 Å². The van der Waals surface area contributed by atoms with Gasteiger partial charge in [0.1, 0.15) is 6.61 Å². The smallest absolute Gasteiger partial charge is 0.258 e. The summed E-state index contributed by atoms with van der Waals surface area (Å²) in [5.41, 5.74) is 3.74. The molecule has 1 aromatic carbocycles. The van der Waals surface area contributed by atoms with E-state index in [4.69, 9.17) is 9.63 Å². The third kappa shape index (κ3) is 1.51. The SMILES string of the molecule is OCc1noc(-c2ccc3c(c2)CCC3)n1. The van der Waals surface area contributed by atoms with Crippen LogP contribution >= 0.6 is 0 Å². The predicted molar refractivity (Wildman–Crippen MR) is 57.7 cm³/mol. The van der Waals surface area contributed by atoms with Crippen molar-refractivity contribution in [2.75, 3.05) is 0 Å². The van der Waals surface area contributed by atoms with Gasteiger partial charge < -0.3 is 9.63 Å². The summed E-state index contributed by atoms with van der Waals surface area (Å²) >= 11 is 0. The number of hydrogen-bond donors (Lipinski definition) is 1. The fraction of sp³-hybridized carbons (Fsp3) is 0.333. The minimum Gasteiger partial charge on any atom is -0.388 e. The predicted octanol–water partition coefficient (Wildman–Crippen LogP) is 1.72. The Labute approximate surface area is 92.9 Å². The zero-order chi connectivity index (χ0) is 11.0. The minimum atomic E-state index is -0.186. The van der Waals surface area contributed by atoms with Crippen molar-refractivity contribution < 1.29 is 9.63 Å². The van der Waals surface area contributed by atoms with Crippen LogP contribution in [-0.2, 0) is 19.4 Å². The molecule has 1 aromatic heterocycles. The minimum absolute atomic E-state index is 0.186. The number of hydrogen-bond acceptors (Lipinski definition) is 4. The van der Waals surface area contributed by atoms with E-state index in [2.05, 4.69) is 22.3 Å². The van der Waals surface area contributed by atoms with Crippen LogP contribution in [0.5, 0.6) is 0 Å². The van der Waals surface area contributed by atoms with Gasteiger partial charge in [-0.15, -0.1) is 0 Å². The van der Waals surface area contributed by atoms with E-state index in [1.54, 1.807) is 0 Å². The summed E-state index contributed by atoms with van der Waals surface area (Å²) in [5.74, 6) is 0.814. The summed E-state index contributed by atoms with van der Waals surface area (Å²) in [6.45, 7) is -0.186. The number of aryl methyl sites for hydroxylation is 2. The van der Waals surface area contributed by atoms with Crippen molar-refractivity contribution in [1.82, 2.24) is 10.1 Å². The van der Waals surface area contributed by atoms with Gasteiger partial charge in [-0.3, -0.25) is 0 Å². The van der Waals surface area contributed by atoms with Crippen LogP contribution in [0.3, 0.4) is 0 Å². The molecule has 0 radical (unpaired) electrons. The summed E-state index contributed by atoms with van der Waals surface area (Å²) in [4.78, 5) is 4.10. The molecular weight excluding hydrogens is 204 g/mol. The maximum absolute atomic E-state index is 8.87. The first kappa shape index (κ1) is 9.54. The van der Waals surface area contributed by atoms with Crippen molar-refractivity contribution in [3.8, 4) is 11.5 Å². The first-order valence-corrected chi connectivity index (χ1v) is 5.42. The Kier molecular flexibility index (Phi) is 2.22. The summed E-state index contributed by atoms with van der Waals surface area (Å²) < 4.78 is 5.08. The molecule has 1 aliphatic rings. The second-order valence-electron chi connectivity index (χ2n) is 4.01. The maximum Gasteiger partial charge on any atom is 0.258 e. The monoisotopic (exact) mass is 216 g/mol. The number of aliphatic hydroxyl groups excluding tert-OH is 1. The summed E-state index contributed by atoms with van der Waals surface area (Å²) in [6, 6.07) is 6.23. The van der Waals surface area contributed by atoms with Crippen molar-refractivity contribution in [3.63, 3.8) is 0 Å². The third-order valence-corrected chi connectivity index (χ3v) is 2.95. The third-order valence-electron chi connectivity index (χ3n) is 2.95. The molecule has 82 valence electrons. The highest BCUT2D eigenvalue weighted by molar-refractivity contribution is 5.56. The van der Waals surface area contributed by atoms with Crippen LogP contribution in [0, 0.1) is 0 Å². The van der Waals surface area contributed by atoms with Gasteiger partial charge in [-0.25, -0.2) is 0 Å². The molecule has 4 heteroatoms. The van der Waals surface area contributed by atoms with E-state index in [1.165, 1.54) is 24.0 Å². The van der Waals surface area contributed by atoms with Crippen LogP contribution in [0.25, 0.3) is 11.5 Å². The lowest BCUT2D eigenvalue weighted by Gasteiger charge is -2.00. The second kappa shape index (κ2) is 3.72. The molecule has 16 heavy (non-hydrogen) atoms. The molecule has 1 N–H and O–H groups in total. The topological polar surface area (TPSA) is 59.2 Å². The maximum atomic E-state index is 8.87. The van der Waals surface area contributed by atoms with Gasteiger partial charge in [0.05, 0.1) is 0 Å². The molecule has 0 bridgehead atoms. The lowest BCUT2D eigenvalue weighted by molar-refractivity contribution is 0.264. The average Bonchev–Trinajstić information content (AvgIpc) is 2.96. The standard InChI is InChI=1S/C12H12N2O2/c15-7-11-13-12(16-14-11)10-5-4-8-2-1-3-9(8)6-10/h4-6,15H,1-3,7H2. The van der Waals surface area contributed by atoms with Gasteiger partial charge in [0.25, 0.3) is 5.89 Å². The quantitative estimate of drug-likeness (QED) is 0.830. The van der Waals surface area contributed by atoms with Crippen LogP contribution in [0.15, 0.2) is 22.7 Å². The zero-order valence-electron chi connectivity index (χ0n) is 8.81. The van der Waals surface area contributed by atoms with Gasteiger partial charge in [0.2, 0.25) is 0 Å². The van der Waals surface area contributed by atoms with Crippen LogP contribution in [-0.4, -0.2) is 15.2 Å². The number of aromatic nitrogens is 2. The van der Waals surface area contributed by atoms with Gasteiger partial charge in [-0.05, 0) is 42.5 Å². The van der Waals surface area contributed by atoms with Gasteiger partial charge >= 0.3 is 0 Å². The highest BCUT2D eigenvalue weighted by atomic mass is 16.5. The molecule has 0 amide bonds. The molecule has 0 fully saturated rings. The van der Waals surface area contributed by atoms with Crippen LogP contribution in [0.1, 0.15) is 23.4 Å². The fourth-order valence-electron chi connectivity index (χ4n) is 2.14. The Balaban J connectivity index is 2.00. The Hall–Kier alpha value is -1.68. The van der Waals surface area contributed by atoms with Crippen molar-refractivity contribution in [2.45, 2.75) is 25.9 Å². The van der Waals surface area contributed by atoms with Crippen molar-refractivity contribution in [2.24, 2.45) is 0 Å². The Morgan fingerprint density at radius 3 is 2.94 bits per heavy atom. The number of nitrogens with zero attached hydrogens (tertiary/aromatic N) is 2. The van der Waals surface area contributed by atoms with E-state index in [9.17, 15) is 0 Å². The largest absolute Gasteiger partial charge is 0.388 e. The average molecular weight is 216 g/mol. The normalized spacial score (nSPS) is 14.1. The first-order valence-electron chi connectivity index (χ1n) is 5.42. The number of rotatable bonds is 2. The Morgan fingerprint density at radius 1 is 1.25 bits per heavy atom. The number of benzene rings is 1. The van der Waals surface area contributed by atoms with Gasteiger partial charge in [-0.1, -0.05) is 11.2 Å². The zero-order valence-corrected chi connectivity index (χ0v) is 8.81. The van der Waals surface area contributed by atoms with Crippen LogP contribution < -0.4 is 0 Å². The molecule has 1 aliphatic carbocycles. The molecule has 0 spiro atoms. The van der Waals surface area contributed by atoms with E-state index < -0.39 is 0 Å².